The van der Waals surface area contributed by atoms with Crippen molar-refractivity contribution >= 4 is 43.7 Å². The monoisotopic (exact) mass is 696 g/mol. The summed E-state index contributed by atoms with van der Waals surface area (Å²) in [6, 6.07) is 0.923. The molecule has 4 aromatic rings. The van der Waals surface area contributed by atoms with Gasteiger partial charge < -0.3 is 40.0 Å². The quantitative estimate of drug-likeness (QED) is 0.153. The smallest absolute Gasteiger partial charge is 0.396 e. The summed E-state index contributed by atoms with van der Waals surface area (Å²) in [4.78, 5) is 53.6. The van der Waals surface area contributed by atoms with Crippen molar-refractivity contribution in [3.8, 4) is 0 Å². The molecule has 2 saturated carbocycles. The highest BCUT2D eigenvalue weighted by atomic mass is 31.2. The van der Waals surface area contributed by atoms with Gasteiger partial charge in [0.1, 0.15) is 41.9 Å². The fourth-order valence-corrected chi connectivity index (χ4v) is 9.42. The maximum absolute atomic E-state index is 13.6. The Morgan fingerprint density at radius 3 is 2.70 bits per heavy atom. The Bertz CT molecular complexity index is 2050. The zero-order chi connectivity index (χ0) is 33.0. The highest BCUT2D eigenvalue weighted by Gasteiger charge is 2.74. The molecule has 22 heteroatoms. The van der Waals surface area contributed by atoms with Gasteiger partial charge >= 0.3 is 15.6 Å². The van der Waals surface area contributed by atoms with E-state index in [4.69, 9.17) is 28.6 Å². The van der Waals surface area contributed by atoms with E-state index < -0.39 is 95.0 Å². The number of rotatable bonds is 3. The number of nitrogens with zero attached hydrogens (tertiary/aromatic N) is 6. The van der Waals surface area contributed by atoms with E-state index in [0.29, 0.717) is 11.0 Å². The number of anilines is 1. The number of aryl methyl sites for hydroxylation is 1. The number of nitrogens with two attached hydrogens (primary N) is 1. The van der Waals surface area contributed by atoms with Gasteiger partial charge in [-0.05, 0) is 25.3 Å². The Kier molecular flexibility index (Phi) is 7.08. The van der Waals surface area contributed by atoms with Crippen molar-refractivity contribution in [2.75, 3.05) is 25.6 Å². The van der Waals surface area contributed by atoms with Crippen LogP contribution in [0.3, 0.4) is 0 Å². The number of aromatic amines is 1. The van der Waals surface area contributed by atoms with Gasteiger partial charge in [0.05, 0.1) is 43.7 Å². The molecular formula is C25H30N8O12P2. The van der Waals surface area contributed by atoms with Crippen LogP contribution in [-0.2, 0) is 32.0 Å². The molecule has 4 aromatic heterocycles. The molecule has 2 saturated heterocycles. The largest absolute Gasteiger partial charge is 0.472 e. The number of aromatic nitrogens is 7. The molecular weight excluding hydrogens is 666 g/mol. The lowest BCUT2D eigenvalue weighted by Crippen LogP contribution is -2.38. The minimum absolute atomic E-state index is 0.0480. The van der Waals surface area contributed by atoms with Gasteiger partial charge in [-0.2, -0.15) is 0 Å². The zero-order valence-electron chi connectivity index (χ0n) is 24.5. The molecule has 11 atom stereocenters. The van der Waals surface area contributed by atoms with Crippen LogP contribution in [0.4, 0.5) is 5.82 Å². The van der Waals surface area contributed by atoms with E-state index in [1.165, 1.54) is 17.2 Å². The second-order valence-electron chi connectivity index (χ2n) is 12.2. The van der Waals surface area contributed by atoms with Gasteiger partial charge in [0, 0.05) is 17.5 Å². The van der Waals surface area contributed by atoms with Crippen LogP contribution in [0.2, 0.25) is 0 Å². The summed E-state index contributed by atoms with van der Waals surface area (Å²) in [5.74, 6) is -1.08. The van der Waals surface area contributed by atoms with E-state index in [1.54, 1.807) is 23.8 Å². The van der Waals surface area contributed by atoms with Gasteiger partial charge in [0.2, 0.25) is 0 Å². The van der Waals surface area contributed by atoms with Crippen molar-refractivity contribution in [1.82, 2.24) is 34.1 Å². The number of ether oxygens (including phenoxy) is 1. The van der Waals surface area contributed by atoms with Crippen LogP contribution in [0.15, 0.2) is 29.7 Å². The van der Waals surface area contributed by atoms with E-state index in [1.807, 2.05) is 0 Å². The lowest BCUT2D eigenvalue weighted by Gasteiger charge is -2.30. The minimum atomic E-state index is -4.98. The highest BCUT2D eigenvalue weighted by Crippen LogP contribution is 2.72. The minimum Gasteiger partial charge on any atom is -0.396 e. The topological polar surface area (TPSA) is 282 Å². The predicted octanol–water partition coefficient (Wildman–Crippen LogP) is -0.0991. The third-order valence-electron chi connectivity index (χ3n) is 9.61. The van der Waals surface area contributed by atoms with E-state index in [0.717, 1.165) is 0 Å². The van der Waals surface area contributed by atoms with Crippen LogP contribution >= 0.6 is 15.6 Å². The highest BCUT2D eigenvalue weighted by molar-refractivity contribution is 7.47. The molecule has 6 heterocycles. The molecule has 2 aliphatic heterocycles. The first-order valence-electron chi connectivity index (χ1n) is 14.6. The molecule has 47 heavy (non-hydrogen) atoms. The molecule has 0 radical (unpaired) electrons. The molecule has 7 N–H and O–H groups in total. The van der Waals surface area contributed by atoms with Gasteiger partial charge in [0.15, 0.2) is 17.4 Å². The van der Waals surface area contributed by atoms with Gasteiger partial charge in [-0.3, -0.25) is 27.5 Å². The SMILES string of the molecule is Cc1nc2c(ncn2[C@@H]2O[C@@H]3COP(=O)(O)O[C@H]4[C@@H](O)[C@H](n5ccc6c(N)ncnc65)[C@H]5C[C@]54COP(=O)(O)O[C@@H]2[C@@H]3CO)c(=O)[nH]1. The molecule has 0 amide bonds. The Morgan fingerprint density at radius 2 is 1.91 bits per heavy atom. The summed E-state index contributed by atoms with van der Waals surface area (Å²) in [5.41, 5.74) is 4.68. The van der Waals surface area contributed by atoms with Crippen LogP contribution in [0, 0.1) is 24.2 Å². The second kappa shape index (κ2) is 10.7. The summed E-state index contributed by atoms with van der Waals surface area (Å²) in [5, 5.41) is 22.4. The number of hydrogen-bond acceptors (Lipinski definition) is 15. The molecule has 2 unspecified atom stereocenters. The normalized spacial score (nSPS) is 40.4. The predicted molar refractivity (Wildman–Crippen MR) is 156 cm³/mol. The molecule has 2 bridgehead atoms. The Hall–Kier alpha value is -3.13. The van der Waals surface area contributed by atoms with Crippen molar-refractivity contribution in [3.63, 3.8) is 0 Å². The molecule has 8 rings (SSSR count). The number of phosphoric ester groups is 2. The number of nitrogen functional groups attached to an aromatic ring is 1. The maximum atomic E-state index is 13.6. The summed E-state index contributed by atoms with van der Waals surface area (Å²) >= 11 is 0. The average Bonchev–Trinajstić information content (AvgIpc) is 3.30. The molecule has 0 aromatic carbocycles. The molecule has 4 aliphatic rings. The van der Waals surface area contributed by atoms with Gasteiger partial charge in [0.25, 0.3) is 5.56 Å². The molecule has 4 fully saturated rings. The van der Waals surface area contributed by atoms with Gasteiger partial charge in [-0.1, -0.05) is 0 Å². The summed E-state index contributed by atoms with van der Waals surface area (Å²) in [6.07, 6.45) is -2.29. The van der Waals surface area contributed by atoms with Gasteiger partial charge in [-0.15, -0.1) is 0 Å². The number of nitrogens with one attached hydrogen (secondary N) is 1. The van der Waals surface area contributed by atoms with Crippen LogP contribution < -0.4 is 11.3 Å². The molecule has 20 nitrogen and oxygen atoms in total. The first-order valence-corrected chi connectivity index (χ1v) is 17.6. The van der Waals surface area contributed by atoms with Gasteiger partial charge in [-0.25, -0.2) is 29.1 Å². The van der Waals surface area contributed by atoms with Crippen LogP contribution in [-0.4, -0.2) is 98.3 Å². The van der Waals surface area contributed by atoms with E-state index in [9.17, 15) is 33.9 Å². The first-order chi connectivity index (χ1) is 22.3. The summed E-state index contributed by atoms with van der Waals surface area (Å²) in [7, 11) is -9.93. The number of fused-ring (bicyclic) bond motifs is 4. The van der Waals surface area contributed by atoms with E-state index >= 15 is 0 Å². The second-order valence-corrected chi connectivity index (χ2v) is 15.0. The van der Waals surface area contributed by atoms with Crippen LogP contribution in [0.25, 0.3) is 22.2 Å². The Morgan fingerprint density at radius 1 is 1.13 bits per heavy atom. The van der Waals surface area contributed by atoms with Crippen LogP contribution in [0.5, 0.6) is 0 Å². The first kappa shape index (κ1) is 31.2. The standard InChI is InChI=1S/C25H30N8O12P2/c1-10-30-22-15(23(36)31-10)29-9-33(22)24-18-12(5-34)14(43-24)6-41-46(37,38)45-19-17(35)16(13-4-25(13,19)7-42-47(39,40)44-18)32-3-2-11-20(26)27-8-28-21(11)32/h2-3,8-9,12-14,16-19,24,34-35H,4-7H2,1H3,(H,37,38)(H,39,40)(H2,26,27,28)(H,30,31,36)/t12-,13-,14-,16-,17+,18-,19+,24-,25+/m1/s1. The van der Waals surface area contributed by atoms with E-state index in [2.05, 4.69) is 24.9 Å². The third kappa shape index (κ3) is 4.90. The zero-order valence-corrected chi connectivity index (χ0v) is 26.3. The van der Waals surface area contributed by atoms with Crippen molar-refractivity contribution in [2.24, 2.45) is 17.3 Å². The molecule has 1 spiro atoms. The van der Waals surface area contributed by atoms with Crippen molar-refractivity contribution in [3.05, 3.63) is 41.1 Å². The number of imidazole rings is 1. The fourth-order valence-electron chi connectivity index (χ4n) is 7.37. The number of aliphatic hydroxyl groups is 2. The van der Waals surface area contributed by atoms with Crippen molar-refractivity contribution < 1.29 is 52.0 Å². The number of H-pyrrole nitrogens is 1. The molecule has 2 aliphatic carbocycles. The Labute approximate surface area is 263 Å². The number of phosphoric acid groups is 2. The third-order valence-corrected chi connectivity index (χ3v) is 11.5. The van der Waals surface area contributed by atoms with Crippen molar-refractivity contribution in [1.29, 1.82) is 0 Å². The fraction of sp³-hybridized carbons (Fsp3) is 0.560. The van der Waals surface area contributed by atoms with Crippen LogP contribution in [0.1, 0.15) is 24.5 Å². The lowest BCUT2D eigenvalue weighted by molar-refractivity contribution is -0.0662. The summed E-state index contributed by atoms with van der Waals surface area (Å²) < 4.78 is 58.2. The number of aliphatic hydroxyl groups excluding tert-OH is 2. The lowest BCUT2D eigenvalue weighted by atomic mass is 9.99. The molecule has 252 valence electrons. The average molecular weight is 697 g/mol. The van der Waals surface area contributed by atoms with Crippen molar-refractivity contribution in [2.45, 2.75) is 50.0 Å². The Balaban J connectivity index is 1.15. The number of hydrogen-bond donors (Lipinski definition) is 6. The van der Waals surface area contributed by atoms with E-state index in [-0.39, 0.29) is 29.2 Å². The maximum Gasteiger partial charge on any atom is 0.472 e. The summed E-state index contributed by atoms with van der Waals surface area (Å²) in [6.45, 7) is -0.270.